The van der Waals surface area contributed by atoms with Crippen molar-refractivity contribution in [3.05, 3.63) is 0 Å². The Balaban J connectivity index is 2.68. The van der Waals surface area contributed by atoms with Gasteiger partial charge in [0.1, 0.15) is 6.04 Å². The van der Waals surface area contributed by atoms with Crippen LogP contribution < -0.4 is 0 Å². The molecule has 0 saturated carbocycles. The molecule has 0 aliphatic carbocycles. The first-order chi connectivity index (χ1) is 8.11. The van der Waals surface area contributed by atoms with E-state index in [1.165, 1.54) is 21.6 Å². The molecule has 1 aliphatic heterocycles. The van der Waals surface area contributed by atoms with Gasteiger partial charge in [-0.05, 0) is 0 Å². The van der Waals surface area contributed by atoms with Gasteiger partial charge in [0, 0.05) is 18.8 Å². The van der Waals surface area contributed by atoms with Crippen LogP contribution in [0, 0.1) is 0 Å². The van der Waals surface area contributed by atoms with Gasteiger partial charge in [0.2, 0.25) is 0 Å². The van der Waals surface area contributed by atoms with Crippen molar-refractivity contribution >= 4 is 23.8 Å². The largest absolute Gasteiger partial charge is 0.480 e. The highest BCUT2D eigenvalue weighted by atomic mass is 32.2. The van der Waals surface area contributed by atoms with Crippen molar-refractivity contribution in [2.75, 3.05) is 37.9 Å². The average Bonchev–Trinajstić information content (AvgIpc) is 2.76. The summed E-state index contributed by atoms with van der Waals surface area (Å²) in [4.78, 5) is 25.4. The molecule has 0 aromatic heterocycles. The van der Waals surface area contributed by atoms with E-state index in [0.29, 0.717) is 11.6 Å². The Bertz CT molecular complexity index is 283. The highest BCUT2D eigenvalue weighted by Gasteiger charge is 2.36. The van der Waals surface area contributed by atoms with Gasteiger partial charge in [-0.25, -0.2) is 9.59 Å². The van der Waals surface area contributed by atoms with Crippen LogP contribution in [-0.4, -0.2) is 81.1 Å². The predicted octanol–water partition coefficient (Wildman–Crippen LogP) is -1.15. The van der Waals surface area contributed by atoms with Crippen molar-refractivity contribution in [2.45, 2.75) is 6.04 Å². The second kappa shape index (κ2) is 6.67. The molecule has 1 fully saturated rings. The Morgan fingerprint density at radius 2 is 1.88 bits per heavy atom. The van der Waals surface area contributed by atoms with Crippen molar-refractivity contribution < 1.29 is 24.9 Å². The van der Waals surface area contributed by atoms with Gasteiger partial charge in [-0.3, -0.25) is 0 Å². The third-order valence-corrected chi connectivity index (χ3v) is 3.44. The topological polar surface area (TPSA) is 101 Å². The summed E-state index contributed by atoms with van der Waals surface area (Å²) >= 11 is 1.37. The Morgan fingerprint density at radius 1 is 1.29 bits per heavy atom. The Hall–Kier alpha value is -0.990. The number of carbonyl (C=O) groups excluding carboxylic acids is 1. The number of rotatable bonds is 5. The third kappa shape index (κ3) is 3.48. The van der Waals surface area contributed by atoms with Gasteiger partial charge in [-0.1, -0.05) is 0 Å². The smallest absolute Gasteiger partial charge is 0.327 e. The van der Waals surface area contributed by atoms with Crippen LogP contribution >= 0.6 is 11.8 Å². The summed E-state index contributed by atoms with van der Waals surface area (Å²) in [6.45, 7) is -0.255. The summed E-state index contributed by atoms with van der Waals surface area (Å²) in [5.74, 6) is -0.340. The minimum atomic E-state index is -1.03. The molecular weight excluding hydrogens is 248 g/mol. The number of carbonyl (C=O) groups is 2. The molecule has 1 saturated heterocycles. The van der Waals surface area contributed by atoms with E-state index >= 15 is 0 Å². The fourth-order valence-electron chi connectivity index (χ4n) is 1.56. The normalized spacial score (nSPS) is 19.4. The van der Waals surface area contributed by atoms with E-state index in [-0.39, 0.29) is 26.3 Å². The zero-order chi connectivity index (χ0) is 12.8. The van der Waals surface area contributed by atoms with E-state index in [9.17, 15) is 9.59 Å². The molecule has 0 unspecified atom stereocenters. The molecule has 1 heterocycles. The zero-order valence-electron chi connectivity index (χ0n) is 9.28. The number of urea groups is 1. The van der Waals surface area contributed by atoms with Crippen LogP contribution in [0.15, 0.2) is 0 Å². The van der Waals surface area contributed by atoms with Gasteiger partial charge in [-0.15, -0.1) is 11.8 Å². The monoisotopic (exact) mass is 264 g/mol. The number of aliphatic carboxylic acids is 1. The molecule has 98 valence electrons. The Kier molecular flexibility index (Phi) is 5.52. The van der Waals surface area contributed by atoms with E-state index in [1.807, 2.05) is 0 Å². The van der Waals surface area contributed by atoms with Crippen molar-refractivity contribution in [3.8, 4) is 0 Å². The molecule has 0 bridgehead atoms. The van der Waals surface area contributed by atoms with E-state index in [1.54, 1.807) is 0 Å². The first-order valence-corrected chi connectivity index (χ1v) is 6.35. The first-order valence-electron chi connectivity index (χ1n) is 5.19. The van der Waals surface area contributed by atoms with Crippen LogP contribution in [-0.2, 0) is 4.79 Å². The Morgan fingerprint density at radius 3 is 2.35 bits per heavy atom. The van der Waals surface area contributed by atoms with Crippen LogP contribution in [0.4, 0.5) is 4.79 Å². The number of hydrogen-bond acceptors (Lipinski definition) is 5. The molecule has 8 heteroatoms. The predicted molar refractivity (Wildman–Crippen MR) is 61.7 cm³/mol. The molecule has 1 atom stereocenters. The van der Waals surface area contributed by atoms with Gasteiger partial charge in [0.15, 0.2) is 0 Å². The summed E-state index contributed by atoms with van der Waals surface area (Å²) in [6, 6.07) is -1.28. The molecule has 1 aliphatic rings. The van der Waals surface area contributed by atoms with Crippen LogP contribution in [0.2, 0.25) is 0 Å². The number of aliphatic hydroxyl groups is 2. The summed E-state index contributed by atoms with van der Waals surface area (Å²) < 4.78 is 0. The molecule has 0 aromatic carbocycles. The lowest BCUT2D eigenvalue weighted by Crippen LogP contribution is -2.50. The molecule has 0 radical (unpaired) electrons. The van der Waals surface area contributed by atoms with Crippen molar-refractivity contribution in [1.82, 2.24) is 9.80 Å². The number of carboxylic acids is 1. The number of amides is 2. The summed E-state index contributed by atoms with van der Waals surface area (Å²) in [6.07, 6.45) is 0. The maximum Gasteiger partial charge on any atom is 0.327 e. The van der Waals surface area contributed by atoms with Gasteiger partial charge in [0.25, 0.3) is 0 Å². The van der Waals surface area contributed by atoms with Crippen LogP contribution in [0.5, 0.6) is 0 Å². The third-order valence-electron chi connectivity index (χ3n) is 2.42. The lowest BCUT2D eigenvalue weighted by atomic mass is 10.3. The summed E-state index contributed by atoms with van der Waals surface area (Å²) in [5, 5.41) is 26.6. The lowest BCUT2D eigenvalue weighted by Gasteiger charge is -2.28. The minimum Gasteiger partial charge on any atom is -0.480 e. The zero-order valence-corrected chi connectivity index (χ0v) is 10.1. The molecule has 1 rings (SSSR count). The van der Waals surface area contributed by atoms with Crippen molar-refractivity contribution in [3.63, 3.8) is 0 Å². The second-order valence-corrected chi connectivity index (χ2v) is 4.54. The fraction of sp³-hybridized carbons (Fsp3) is 0.778. The summed E-state index contributed by atoms with van der Waals surface area (Å²) in [7, 11) is 0. The van der Waals surface area contributed by atoms with Gasteiger partial charge < -0.3 is 25.1 Å². The van der Waals surface area contributed by atoms with E-state index in [2.05, 4.69) is 0 Å². The number of thioether (sulfide) groups is 1. The highest BCUT2D eigenvalue weighted by molar-refractivity contribution is 7.99. The van der Waals surface area contributed by atoms with Crippen LogP contribution in [0.1, 0.15) is 0 Å². The standard InChI is InChI=1S/C9H16N2O5S/c12-3-1-10(2-4-13)9(16)11-6-17-5-7(11)8(14)15/h7,12-13H,1-6H2,(H,14,15)/t7-/m0/s1. The van der Waals surface area contributed by atoms with Crippen LogP contribution in [0.25, 0.3) is 0 Å². The van der Waals surface area contributed by atoms with E-state index in [4.69, 9.17) is 15.3 Å². The number of aliphatic hydroxyl groups excluding tert-OH is 2. The molecular formula is C9H16N2O5S. The molecule has 0 aromatic rings. The second-order valence-electron chi connectivity index (χ2n) is 3.54. The van der Waals surface area contributed by atoms with Gasteiger partial charge >= 0.3 is 12.0 Å². The molecule has 17 heavy (non-hydrogen) atoms. The number of nitrogens with zero attached hydrogens (tertiary/aromatic N) is 2. The molecule has 3 N–H and O–H groups in total. The Labute approximate surface area is 103 Å². The minimum absolute atomic E-state index is 0.0902. The quantitative estimate of drug-likeness (QED) is 0.580. The number of hydrogen-bond donors (Lipinski definition) is 3. The molecule has 7 nitrogen and oxygen atoms in total. The fourth-order valence-corrected chi connectivity index (χ4v) is 2.70. The van der Waals surface area contributed by atoms with E-state index < -0.39 is 18.0 Å². The van der Waals surface area contributed by atoms with Crippen molar-refractivity contribution in [2.24, 2.45) is 0 Å². The average molecular weight is 264 g/mol. The van der Waals surface area contributed by atoms with Gasteiger partial charge in [0.05, 0.1) is 19.1 Å². The first kappa shape index (κ1) is 14.1. The van der Waals surface area contributed by atoms with Gasteiger partial charge in [-0.2, -0.15) is 0 Å². The number of carboxylic acid groups (broad SMARTS) is 1. The van der Waals surface area contributed by atoms with Crippen LogP contribution in [0.3, 0.4) is 0 Å². The maximum atomic E-state index is 12.0. The maximum absolute atomic E-state index is 12.0. The molecule has 0 spiro atoms. The highest BCUT2D eigenvalue weighted by Crippen LogP contribution is 2.22. The van der Waals surface area contributed by atoms with Crippen molar-refractivity contribution in [1.29, 1.82) is 0 Å². The lowest BCUT2D eigenvalue weighted by molar-refractivity contribution is -0.140. The summed E-state index contributed by atoms with van der Waals surface area (Å²) in [5.41, 5.74) is 0. The molecule has 2 amide bonds. The SMILES string of the molecule is O=C(O)[C@@H]1CSCN1C(=O)N(CCO)CCO. The van der Waals surface area contributed by atoms with E-state index in [0.717, 1.165) is 0 Å².